The molecule has 2 aliphatic heterocycles. The molecule has 1 spiro atoms. The lowest BCUT2D eigenvalue weighted by Crippen LogP contribution is -2.83. The molecule has 2 heterocycles. The van der Waals surface area contributed by atoms with Crippen LogP contribution < -0.4 is 5.32 Å². The van der Waals surface area contributed by atoms with Crippen LogP contribution in [0, 0.1) is 16.7 Å². The molecule has 3 N–H and O–H groups in total. The maximum atomic E-state index is 15.8. The van der Waals surface area contributed by atoms with Gasteiger partial charge in [0.2, 0.25) is 5.60 Å². The van der Waals surface area contributed by atoms with E-state index in [2.05, 4.69) is 5.32 Å². The molecule has 2 unspecified atom stereocenters. The lowest BCUT2D eigenvalue weighted by atomic mass is 9.44. The summed E-state index contributed by atoms with van der Waals surface area (Å²) in [6.45, 7) is 14.8. The molecular weight excluding hydrogens is 840 g/mol. The summed E-state index contributed by atoms with van der Waals surface area (Å²) in [4.78, 5) is 99.5. The number of nitrogens with one attached hydrogen (secondary N) is 1. The number of hydrogen-bond donors (Lipinski definition) is 3. The van der Waals surface area contributed by atoms with E-state index in [1.807, 2.05) is 0 Å². The first-order chi connectivity index (χ1) is 29.6. The van der Waals surface area contributed by atoms with Gasteiger partial charge >= 0.3 is 36.2 Å². The van der Waals surface area contributed by atoms with Crippen molar-refractivity contribution in [1.82, 2.24) is 10.2 Å². The highest BCUT2D eigenvalue weighted by atomic mass is 16.8. The molecule has 3 aliphatic carbocycles. The smallest absolute Gasteiger partial charge is 0.454 e. The number of hydrogen-bond acceptors (Lipinski definition) is 17. The number of esters is 3. The number of Topliss-reactive ketones (excluding diaryl/α,β-unsaturated/α-hetero) is 1. The Balaban J connectivity index is 1.64. The van der Waals surface area contributed by atoms with Crippen LogP contribution in [0.5, 0.6) is 0 Å². The van der Waals surface area contributed by atoms with Crippen LogP contribution in [0.1, 0.15) is 86.0 Å². The van der Waals surface area contributed by atoms with Crippen molar-refractivity contribution in [1.29, 1.82) is 0 Å². The van der Waals surface area contributed by atoms with Gasteiger partial charge in [-0.15, -0.1) is 0 Å². The largest absolute Gasteiger partial charge is 0.509 e. The van der Waals surface area contributed by atoms with E-state index < -0.39 is 124 Å². The molecule has 6 rings (SSSR count). The van der Waals surface area contributed by atoms with Crippen LogP contribution in [0.4, 0.5) is 14.4 Å². The van der Waals surface area contributed by atoms with Crippen molar-refractivity contribution in [2.24, 2.45) is 16.7 Å². The van der Waals surface area contributed by atoms with Crippen LogP contribution in [0.2, 0.25) is 0 Å². The van der Waals surface area contributed by atoms with Gasteiger partial charge in [0.05, 0.1) is 35.6 Å². The molecule has 350 valence electrons. The first-order valence-electron chi connectivity index (χ1n) is 20.9. The zero-order chi connectivity index (χ0) is 47.6. The topological polar surface area (TPSA) is 249 Å². The van der Waals surface area contributed by atoms with Crippen LogP contribution in [0.15, 0.2) is 53.1 Å². The molecule has 1 aromatic carbocycles. The second kappa shape index (κ2) is 16.8. The number of ketones is 1. The maximum Gasteiger partial charge on any atom is 0.509 e. The summed E-state index contributed by atoms with van der Waals surface area (Å²) in [6.07, 6.45) is -14.5. The summed E-state index contributed by atoms with van der Waals surface area (Å²) in [6, 6.07) is 6.27. The van der Waals surface area contributed by atoms with Gasteiger partial charge in [-0.25, -0.2) is 24.0 Å². The summed E-state index contributed by atoms with van der Waals surface area (Å²) < 4.78 is 48.4. The number of nitrogens with zero attached hydrogens (tertiary/aromatic N) is 1. The number of fused-ring (bicyclic) bond motifs is 4. The van der Waals surface area contributed by atoms with E-state index in [1.165, 1.54) is 60.0 Å². The standard InChI is InChI=1S/C45H58N2O17/c1-21(2)18-25(46-38(54)63-41(5,6)7)29(50)37(53)58-30-22(3)28-31(59-39(55)47(11)12)33(51)43(10)26(49)19-27-44(20-57-27,62-23(4)48)32(43)35(60-36(52)24-16-14-13-15-17-24)45(42(28,8)9)34(30)61-40(56)64-45/h13-18,25-27,29-32,34-35,49-50H,19-20H2,1-12H3,(H,46,54)/t25-,26-,27+,29+,30+,31+,32?,34-,35?,43+,44-,45+/m0/s1. The normalized spacial score (nSPS) is 33.2. The van der Waals surface area contributed by atoms with Gasteiger partial charge in [-0.2, -0.15) is 0 Å². The summed E-state index contributed by atoms with van der Waals surface area (Å²) in [5, 5.41) is 26.3. The fraction of sp³-hybridized carbons (Fsp3) is 0.622. The van der Waals surface area contributed by atoms with Gasteiger partial charge in [-0.1, -0.05) is 43.7 Å². The summed E-state index contributed by atoms with van der Waals surface area (Å²) in [5.41, 5.74) is -8.64. The summed E-state index contributed by atoms with van der Waals surface area (Å²) in [7, 11) is 2.75. The number of ether oxygens (including phenoxy) is 8. The minimum atomic E-state index is -2.40. The highest BCUT2D eigenvalue weighted by molar-refractivity contribution is 5.96. The minimum absolute atomic E-state index is 0.00767. The predicted molar refractivity (Wildman–Crippen MR) is 220 cm³/mol. The number of aliphatic hydroxyl groups excluding tert-OH is 2. The van der Waals surface area contributed by atoms with Crippen LogP contribution in [0.3, 0.4) is 0 Å². The molecule has 0 aromatic heterocycles. The van der Waals surface area contributed by atoms with Crippen LogP contribution in [-0.4, -0.2) is 143 Å². The van der Waals surface area contributed by atoms with Gasteiger partial charge in [0.15, 0.2) is 41.9 Å². The average molecular weight is 899 g/mol. The van der Waals surface area contributed by atoms with Crippen molar-refractivity contribution in [3.8, 4) is 0 Å². The lowest BCUT2D eigenvalue weighted by molar-refractivity contribution is -0.345. The molecule has 19 nitrogen and oxygen atoms in total. The number of alkyl carbamates (subject to hydrolysis) is 1. The Morgan fingerprint density at radius 1 is 0.984 bits per heavy atom. The van der Waals surface area contributed by atoms with Gasteiger partial charge in [0.25, 0.3) is 0 Å². The van der Waals surface area contributed by atoms with E-state index in [0.29, 0.717) is 5.57 Å². The third-order valence-corrected chi connectivity index (χ3v) is 13.0. The Bertz CT molecular complexity index is 2160. The fourth-order valence-corrected chi connectivity index (χ4v) is 10.2. The van der Waals surface area contributed by atoms with E-state index in [4.69, 9.17) is 37.9 Å². The number of rotatable bonds is 9. The highest BCUT2D eigenvalue weighted by Gasteiger charge is 2.83. The molecule has 64 heavy (non-hydrogen) atoms. The summed E-state index contributed by atoms with van der Waals surface area (Å²) in [5.74, 6) is -5.76. The Kier molecular flexibility index (Phi) is 12.6. The SMILES string of the molecule is CC(=O)O[C@@]12CO[C@@H]1C[C@H](O)[C@@]1(C)C(=O)[C@H](OC(=O)N(C)C)C3=C(C)[C@@H](OC(=O)[C@H](O)[C@H](C=C(C)C)NC(=O)OC(C)(C)C)[C@@H]4OC(=O)O[C@]4(C(OC(=O)c4ccccc4)C12)C3(C)C. The molecule has 2 bridgehead atoms. The van der Waals surface area contributed by atoms with Crippen LogP contribution in [0.25, 0.3) is 0 Å². The fourth-order valence-electron chi connectivity index (χ4n) is 10.2. The second-order valence-electron chi connectivity index (χ2n) is 19.2. The number of aliphatic hydroxyl groups is 2. The van der Waals surface area contributed by atoms with Crippen LogP contribution >= 0.6 is 0 Å². The number of amides is 2. The molecule has 2 amide bonds. The van der Waals surface area contributed by atoms with Gasteiger partial charge < -0.3 is 58.3 Å². The van der Waals surface area contributed by atoms with Crippen molar-refractivity contribution in [2.75, 3.05) is 20.7 Å². The minimum Gasteiger partial charge on any atom is -0.454 e. The second-order valence-corrected chi connectivity index (χ2v) is 19.2. The molecule has 0 radical (unpaired) electrons. The van der Waals surface area contributed by atoms with Crippen molar-refractivity contribution in [3.63, 3.8) is 0 Å². The third-order valence-electron chi connectivity index (χ3n) is 13.0. The molecule has 5 aliphatic rings. The van der Waals surface area contributed by atoms with Crippen LogP contribution in [-0.2, 0) is 52.3 Å². The first kappa shape index (κ1) is 47.9. The molecule has 2 saturated heterocycles. The number of benzene rings is 1. The van der Waals surface area contributed by atoms with Gasteiger partial charge in [0, 0.05) is 32.9 Å². The van der Waals surface area contributed by atoms with E-state index >= 15 is 4.79 Å². The van der Waals surface area contributed by atoms with Crippen molar-refractivity contribution >= 4 is 42.0 Å². The Hall–Kier alpha value is -5.53. The van der Waals surface area contributed by atoms with Gasteiger partial charge in [-0.3, -0.25) is 9.59 Å². The maximum absolute atomic E-state index is 15.8. The number of carbonyl (C=O) groups excluding carboxylic acids is 7. The van der Waals surface area contributed by atoms with Gasteiger partial charge in [-0.05, 0) is 71.7 Å². The Morgan fingerprint density at radius 3 is 2.17 bits per heavy atom. The molecule has 1 aromatic rings. The van der Waals surface area contributed by atoms with E-state index in [0.717, 1.165) is 11.8 Å². The summed E-state index contributed by atoms with van der Waals surface area (Å²) >= 11 is 0. The van der Waals surface area contributed by atoms with Crippen molar-refractivity contribution in [2.45, 2.75) is 141 Å². The molecule has 4 fully saturated rings. The monoisotopic (exact) mass is 898 g/mol. The van der Waals surface area contributed by atoms with E-state index in [-0.39, 0.29) is 29.7 Å². The Labute approximate surface area is 370 Å². The van der Waals surface area contributed by atoms with Crippen molar-refractivity contribution < 1.29 is 81.7 Å². The van der Waals surface area contributed by atoms with E-state index in [1.54, 1.807) is 52.8 Å². The van der Waals surface area contributed by atoms with E-state index in [9.17, 15) is 39.0 Å². The Morgan fingerprint density at radius 2 is 1.62 bits per heavy atom. The molecule has 2 saturated carbocycles. The van der Waals surface area contributed by atoms with Crippen molar-refractivity contribution in [3.05, 3.63) is 58.7 Å². The molecular formula is C45H58N2O17. The van der Waals surface area contributed by atoms with Gasteiger partial charge in [0.1, 0.15) is 11.7 Å². The zero-order valence-corrected chi connectivity index (χ0v) is 38.0. The quantitative estimate of drug-likeness (QED) is 0.182. The first-order valence-corrected chi connectivity index (χ1v) is 20.9. The lowest BCUT2D eigenvalue weighted by Gasteiger charge is -2.67. The number of carbonyl (C=O) groups is 7. The average Bonchev–Trinajstić information content (AvgIpc) is 3.55. The predicted octanol–water partition coefficient (Wildman–Crippen LogP) is 3.71. The highest BCUT2D eigenvalue weighted by Crippen LogP contribution is 2.67. The molecule has 19 heteroatoms. The third kappa shape index (κ3) is 7.88. The molecule has 12 atom stereocenters. The zero-order valence-electron chi connectivity index (χ0n) is 38.0. The number of allylic oxidation sites excluding steroid dienone is 1.